The van der Waals surface area contributed by atoms with E-state index >= 15 is 0 Å². The lowest BCUT2D eigenvalue weighted by molar-refractivity contribution is -0.159. The molecule has 3 nitrogen and oxygen atoms in total. The molecule has 0 saturated heterocycles. The molecule has 5 aliphatic rings. The average Bonchev–Trinajstić information content (AvgIpc) is 2.91. The van der Waals surface area contributed by atoms with Crippen molar-refractivity contribution in [1.29, 1.82) is 0 Å². The fraction of sp³-hybridized carbons (Fsp3) is 0.760. The van der Waals surface area contributed by atoms with Gasteiger partial charge in [-0.05, 0) is 74.5 Å². The zero-order valence-corrected chi connectivity index (χ0v) is 18.5. The fourth-order valence-electron chi connectivity index (χ4n) is 7.39. The second kappa shape index (κ2) is 6.97. The summed E-state index contributed by atoms with van der Waals surface area (Å²) in [6.45, 7) is 4.73. The Morgan fingerprint density at radius 2 is 1.86 bits per heavy atom. The van der Waals surface area contributed by atoms with E-state index in [0.29, 0.717) is 17.8 Å². The van der Waals surface area contributed by atoms with E-state index in [4.69, 9.17) is 16.3 Å². The molecule has 0 aromatic carbocycles. The number of hydrogen-bond donors (Lipinski definition) is 0. The molecular formula is C25H33ClO3. The number of halogens is 1. The number of rotatable bonds is 3. The van der Waals surface area contributed by atoms with E-state index in [-0.39, 0.29) is 28.8 Å². The maximum atomic E-state index is 12.3. The molecule has 0 radical (unpaired) electrons. The van der Waals surface area contributed by atoms with Gasteiger partial charge in [-0.1, -0.05) is 43.5 Å². The quantitative estimate of drug-likeness (QED) is 0.323. The molecule has 0 bridgehead atoms. The highest BCUT2D eigenvalue weighted by atomic mass is 35.5. The third-order valence-corrected chi connectivity index (χ3v) is 10.2. The largest absolute Gasteiger partial charge is 0.462 e. The van der Waals surface area contributed by atoms with Crippen molar-refractivity contribution in [3.8, 4) is 0 Å². The van der Waals surface area contributed by atoms with Crippen molar-refractivity contribution < 1.29 is 14.3 Å². The predicted molar refractivity (Wildman–Crippen MR) is 113 cm³/mol. The molecule has 5 rings (SSSR count). The Hall–Kier alpha value is -1.09. The summed E-state index contributed by atoms with van der Waals surface area (Å²) in [6.07, 6.45) is 13.9. The topological polar surface area (TPSA) is 43.4 Å². The second-order valence-electron chi connectivity index (χ2n) is 10.8. The maximum Gasteiger partial charge on any atom is 0.309 e. The minimum Gasteiger partial charge on any atom is -0.462 e. The van der Waals surface area contributed by atoms with Crippen molar-refractivity contribution in [2.75, 3.05) is 0 Å². The van der Waals surface area contributed by atoms with Gasteiger partial charge in [0.1, 0.15) is 12.4 Å². The monoisotopic (exact) mass is 416 g/mol. The molecule has 3 saturated carbocycles. The zero-order valence-electron chi connectivity index (χ0n) is 17.7. The molecule has 0 heterocycles. The van der Waals surface area contributed by atoms with Gasteiger partial charge in [0.05, 0.1) is 5.92 Å². The standard InChI is InChI=1S/C25H33ClO3/c1-24-10-8-18(29-23(28)15-4-3-5-15)13-17(24)6-7-19-20(24)9-11-25(2)21(19)12-16(14-27)22(25)26/h6,14-15,18-21H,3-5,7-13H2,1-2H3/t18-,19+,20-,21-,24-,25-/m0/s1. The van der Waals surface area contributed by atoms with Crippen molar-refractivity contribution in [3.05, 3.63) is 22.3 Å². The summed E-state index contributed by atoms with van der Waals surface area (Å²) in [5.74, 6) is 1.94. The summed E-state index contributed by atoms with van der Waals surface area (Å²) < 4.78 is 5.91. The first kappa shape index (κ1) is 19.8. The van der Waals surface area contributed by atoms with Crippen LogP contribution in [0.25, 0.3) is 0 Å². The summed E-state index contributed by atoms with van der Waals surface area (Å²) in [6, 6.07) is 0. The van der Waals surface area contributed by atoms with E-state index in [9.17, 15) is 9.59 Å². The number of hydrogen-bond acceptors (Lipinski definition) is 3. The summed E-state index contributed by atoms with van der Waals surface area (Å²) in [7, 11) is 0. The highest BCUT2D eigenvalue weighted by molar-refractivity contribution is 6.32. The molecular weight excluding hydrogens is 384 g/mol. The number of aldehydes is 1. The van der Waals surface area contributed by atoms with Gasteiger partial charge in [-0.25, -0.2) is 0 Å². The van der Waals surface area contributed by atoms with Crippen LogP contribution in [-0.4, -0.2) is 18.4 Å². The third-order valence-electron chi connectivity index (χ3n) is 9.54. The third kappa shape index (κ3) is 2.90. The second-order valence-corrected chi connectivity index (χ2v) is 11.2. The van der Waals surface area contributed by atoms with E-state index in [1.807, 2.05) is 0 Å². The van der Waals surface area contributed by atoms with Crippen LogP contribution in [0.15, 0.2) is 22.3 Å². The minimum atomic E-state index is -0.0177. The molecule has 29 heavy (non-hydrogen) atoms. The number of allylic oxidation sites excluding steroid dienone is 3. The van der Waals surface area contributed by atoms with Gasteiger partial charge in [0.25, 0.3) is 0 Å². The number of carbonyl (C=O) groups is 2. The average molecular weight is 417 g/mol. The first-order chi connectivity index (χ1) is 13.9. The van der Waals surface area contributed by atoms with Gasteiger partial charge in [-0.2, -0.15) is 0 Å². The van der Waals surface area contributed by atoms with Gasteiger partial charge in [-0.3, -0.25) is 9.59 Å². The van der Waals surface area contributed by atoms with E-state index in [2.05, 4.69) is 19.9 Å². The Labute approximate surface area is 179 Å². The molecule has 158 valence electrons. The number of ether oxygens (including phenoxy) is 1. The van der Waals surface area contributed by atoms with Crippen LogP contribution in [0.3, 0.4) is 0 Å². The molecule has 0 N–H and O–H groups in total. The van der Waals surface area contributed by atoms with Crippen molar-refractivity contribution in [2.45, 2.75) is 84.2 Å². The first-order valence-corrected chi connectivity index (χ1v) is 12.0. The number of carbonyl (C=O) groups excluding carboxylic acids is 2. The SMILES string of the molecule is C[C@]12CC[C@H](OC(=O)C3CCC3)CC1=CC[C@@H]1[C@@H]2CC[C@]2(C)C(Cl)=C(C=O)C[C@@H]12. The first-order valence-electron chi connectivity index (χ1n) is 11.6. The number of esters is 1. The summed E-state index contributed by atoms with van der Waals surface area (Å²) >= 11 is 6.69. The van der Waals surface area contributed by atoms with Crippen LogP contribution >= 0.6 is 11.6 Å². The van der Waals surface area contributed by atoms with Crippen LogP contribution in [-0.2, 0) is 14.3 Å². The van der Waals surface area contributed by atoms with Gasteiger partial charge in [0.15, 0.2) is 0 Å². The Morgan fingerprint density at radius 1 is 1.10 bits per heavy atom. The Morgan fingerprint density at radius 3 is 2.55 bits per heavy atom. The highest BCUT2D eigenvalue weighted by Crippen LogP contribution is 2.66. The lowest BCUT2D eigenvalue weighted by atomic mass is 9.48. The molecule has 0 spiro atoms. The molecule has 6 atom stereocenters. The van der Waals surface area contributed by atoms with Crippen LogP contribution in [0.5, 0.6) is 0 Å². The Kier molecular flexibility index (Phi) is 4.77. The molecule has 5 aliphatic carbocycles. The fourth-order valence-corrected chi connectivity index (χ4v) is 7.75. The minimum absolute atomic E-state index is 0.0177. The van der Waals surface area contributed by atoms with E-state index in [1.165, 1.54) is 18.4 Å². The van der Waals surface area contributed by atoms with Crippen molar-refractivity contribution >= 4 is 23.9 Å². The van der Waals surface area contributed by atoms with Crippen LogP contribution in [0.2, 0.25) is 0 Å². The van der Waals surface area contributed by atoms with Crippen molar-refractivity contribution in [1.82, 2.24) is 0 Å². The van der Waals surface area contributed by atoms with Crippen molar-refractivity contribution in [3.63, 3.8) is 0 Å². The number of fused-ring (bicyclic) bond motifs is 5. The van der Waals surface area contributed by atoms with E-state index in [0.717, 1.165) is 68.3 Å². The van der Waals surface area contributed by atoms with Gasteiger partial charge in [-0.15, -0.1) is 0 Å². The summed E-state index contributed by atoms with van der Waals surface area (Å²) in [5.41, 5.74) is 2.55. The lowest BCUT2D eigenvalue weighted by Gasteiger charge is -2.57. The zero-order chi connectivity index (χ0) is 20.4. The smallest absolute Gasteiger partial charge is 0.309 e. The van der Waals surface area contributed by atoms with Gasteiger partial charge in [0.2, 0.25) is 0 Å². The Bertz CT molecular complexity index is 794. The van der Waals surface area contributed by atoms with Crippen LogP contribution in [0.1, 0.15) is 78.1 Å². The molecule has 3 fully saturated rings. The Balaban J connectivity index is 1.34. The molecule has 4 heteroatoms. The molecule has 0 aliphatic heterocycles. The van der Waals surface area contributed by atoms with Gasteiger partial charge < -0.3 is 4.74 Å². The normalized spacial score (nSPS) is 44.2. The highest BCUT2D eigenvalue weighted by Gasteiger charge is 2.58. The molecule has 0 unspecified atom stereocenters. The summed E-state index contributed by atoms with van der Waals surface area (Å²) in [4.78, 5) is 23.9. The van der Waals surface area contributed by atoms with E-state index < -0.39 is 0 Å². The molecule has 0 aromatic rings. The maximum absolute atomic E-state index is 12.3. The van der Waals surface area contributed by atoms with E-state index in [1.54, 1.807) is 0 Å². The van der Waals surface area contributed by atoms with Gasteiger partial charge in [0, 0.05) is 22.4 Å². The molecule has 0 amide bonds. The van der Waals surface area contributed by atoms with Gasteiger partial charge >= 0.3 is 5.97 Å². The summed E-state index contributed by atoms with van der Waals surface area (Å²) in [5, 5.41) is 0.836. The van der Waals surface area contributed by atoms with Crippen LogP contribution < -0.4 is 0 Å². The predicted octanol–water partition coefficient (Wildman–Crippen LogP) is 5.96. The molecule has 0 aromatic heterocycles. The van der Waals surface area contributed by atoms with Crippen molar-refractivity contribution in [2.24, 2.45) is 34.5 Å². The van der Waals surface area contributed by atoms with Crippen LogP contribution in [0.4, 0.5) is 0 Å². The lowest BCUT2D eigenvalue weighted by Crippen LogP contribution is -2.50. The van der Waals surface area contributed by atoms with Crippen LogP contribution in [0, 0.1) is 34.5 Å².